The van der Waals surface area contributed by atoms with Gasteiger partial charge in [-0.2, -0.15) is 0 Å². The van der Waals surface area contributed by atoms with Crippen molar-refractivity contribution in [2.24, 2.45) is 0 Å². The molecule has 2 saturated heterocycles. The number of hydrogen-bond donors (Lipinski definition) is 0. The topological polar surface area (TPSA) is 66.4 Å². The average Bonchev–Trinajstić information content (AvgIpc) is 2.99. The summed E-state index contributed by atoms with van der Waals surface area (Å²) in [5.41, 5.74) is 2.46. The van der Waals surface area contributed by atoms with Gasteiger partial charge in [0.1, 0.15) is 0 Å². The predicted octanol–water partition coefficient (Wildman–Crippen LogP) is 2.58. The number of carbonyl (C=O) groups is 2. The first kappa shape index (κ1) is 17.6. The van der Waals surface area contributed by atoms with Crippen molar-refractivity contribution in [2.45, 2.75) is 44.7 Å². The van der Waals surface area contributed by atoms with Crippen molar-refractivity contribution >= 4 is 11.8 Å². The molecule has 0 aliphatic carbocycles. The van der Waals surface area contributed by atoms with E-state index in [1.54, 1.807) is 12.4 Å². The molecule has 0 bridgehead atoms. The van der Waals surface area contributed by atoms with E-state index < -0.39 is 0 Å². The Morgan fingerprint density at radius 2 is 1.96 bits per heavy atom. The van der Waals surface area contributed by atoms with Crippen molar-refractivity contribution in [2.75, 3.05) is 13.1 Å². The molecular formula is C21H24N4O2. The van der Waals surface area contributed by atoms with Gasteiger partial charge in [0.05, 0.1) is 5.56 Å². The van der Waals surface area contributed by atoms with E-state index in [1.807, 2.05) is 47.2 Å². The average molecular weight is 364 g/mol. The second kappa shape index (κ2) is 7.10. The molecule has 6 heteroatoms. The molecule has 27 heavy (non-hydrogen) atoms. The molecule has 4 heterocycles. The summed E-state index contributed by atoms with van der Waals surface area (Å²) in [5, 5.41) is 0. The summed E-state index contributed by atoms with van der Waals surface area (Å²) in [6, 6.07) is 7.61. The minimum absolute atomic E-state index is 0.0282. The van der Waals surface area contributed by atoms with Gasteiger partial charge >= 0.3 is 0 Å². The van der Waals surface area contributed by atoms with Crippen molar-refractivity contribution in [1.29, 1.82) is 0 Å². The molecule has 0 aromatic carbocycles. The van der Waals surface area contributed by atoms with E-state index in [-0.39, 0.29) is 17.4 Å². The number of pyridine rings is 2. The fourth-order valence-corrected chi connectivity index (χ4v) is 4.23. The van der Waals surface area contributed by atoms with Crippen LogP contribution in [-0.4, -0.2) is 50.2 Å². The standard InChI is InChI=1S/C21H24N4O2/c1-16-4-5-18(14-23-16)20(27)24-11-8-21(9-12-24)7-6-19(26)25(21)15-17-3-2-10-22-13-17/h2-5,10,13-14H,6-9,11-12,15H2,1H3. The van der Waals surface area contributed by atoms with Crippen LogP contribution in [0.1, 0.15) is 47.3 Å². The first-order valence-corrected chi connectivity index (χ1v) is 9.49. The lowest BCUT2D eigenvalue weighted by Crippen LogP contribution is -2.53. The second-order valence-corrected chi connectivity index (χ2v) is 7.55. The van der Waals surface area contributed by atoms with Gasteiger partial charge in [0, 0.05) is 55.9 Å². The highest BCUT2D eigenvalue weighted by molar-refractivity contribution is 5.94. The highest BCUT2D eigenvalue weighted by Crippen LogP contribution is 2.40. The molecule has 0 radical (unpaired) electrons. The summed E-state index contributed by atoms with van der Waals surface area (Å²) < 4.78 is 0. The van der Waals surface area contributed by atoms with Gasteiger partial charge in [0.25, 0.3) is 5.91 Å². The van der Waals surface area contributed by atoms with Gasteiger partial charge in [0.2, 0.25) is 5.91 Å². The normalized spacial score (nSPS) is 18.9. The molecule has 2 aliphatic rings. The maximum atomic E-state index is 12.7. The van der Waals surface area contributed by atoms with Crippen LogP contribution in [0.2, 0.25) is 0 Å². The summed E-state index contributed by atoms with van der Waals surface area (Å²) in [7, 11) is 0. The molecule has 140 valence electrons. The first-order chi connectivity index (χ1) is 13.1. The van der Waals surface area contributed by atoms with E-state index in [0.717, 1.165) is 30.5 Å². The van der Waals surface area contributed by atoms with Crippen molar-refractivity contribution < 1.29 is 9.59 Å². The number of likely N-dealkylation sites (tertiary alicyclic amines) is 2. The smallest absolute Gasteiger partial charge is 0.255 e. The third kappa shape index (κ3) is 3.44. The summed E-state index contributed by atoms with van der Waals surface area (Å²) >= 11 is 0. The summed E-state index contributed by atoms with van der Waals surface area (Å²) in [4.78, 5) is 37.6. The number of piperidine rings is 1. The lowest BCUT2D eigenvalue weighted by Gasteiger charge is -2.45. The number of aryl methyl sites for hydroxylation is 1. The lowest BCUT2D eigenvalue weighted by molar-refractivity contribution is -0.133. The molecule has 2 aromatic heterocycles. The van der Waals surface area contributed by atoms with Gasteiger partial charge in [-0.15, -0.1) is 0 Å². The van der Waals surface area contributed by atoms with Crippen LogP contribution in [0.3, 0.4) is 0 Å². The zero-order chi connectivity index (χ0) is 18.9. The molecule has 0 N–H and O–H groups in total. The van der Waals surface area contributed by atoms with Crippen LogP contribution >= 0.6 is 0 Å². The highest BCUT2D eigenvalue weighted by Gasteiger charge is 2.47. The van der Waals surface area contributed by atoms with Crippen LogP contribution in [0, 0.1) is 6.92 Å². The van der Waals surface area contributed by atoms with Crippen molar-refractivity contribution in [3.63, 3.8) is 0 Å². The molecule has 2 aliphatic heterocycles. The Bertz CT molecular complexity index is 827. The molecule has 0 atom stereocenters. The third-order valence-electron chi connectivity index (χ3n) is 5.88. The number of amides is 2. The Hall–Kier alpha value is -2.76. The fourth-order valence-electron chi connectivity index (χ4n) is 4.23. The minimum Gasteiger partial charge on any atom is -0.338 e. The van der Waals surface area contributed by atoms with Crippen LogP contribution in [0.5, 0.6) is 0 Å². The number of rotatable bonds is 3. The molecule has 4 rings (SSSR count). The van der Waals surface area contributed by atoms with Gasteiger partial charge in [-0.3, -0.25) is 19.6 Å². The fraction of sp³-hybridized carbons (Fsp3) is 0.429. The largest absolute Gasteiger partial charge is 0.338 e. The molecular weight excluding hydrogens is 340 g/mol. The highest BCUT2D eigenvalue weighted by atomic mass is 16.2. The quantitative estimate of drug-likeness (QED) is 0.840. The summed E-state index contributed by atoms with van der Waals surface area (Å²) in [6.45, 7) is 3.85. The Morgan fingerprint density at radius 1 is 1.15 bits per heavy atom. The lowest BCUT2D eigenvalue weighted by atomic mass is 9.84. The third-order valence-corrected chi connectivity index (χ3v) is 5.88. The maximum absolute atomic E-state index is 12.7. The van der Waals surface area contributed by atoms with Crippen LogP contribution < -0.4 is 0 Å². The zero-order valence-corrected chi connectivity index (χ0v) is 15.6. The van der Waals surface area contributed by atoms with E-state index in [9.17, 15) is 9.59 Å². The number of carbonyl (C=O) groups excluding carboxylic acids is 2. The summed E-state index contributed by atoms with van der Waals surface area (Å²) in [6.07, 6.45) is 8.33. The summed E-state index contributed by atoms with van der Waals surface area (Å²) in [5.74, 6) is 0.238. The number of aromatic nitrogens is 2. The van der Waals surface area contributed by atoms with Gasteiger partial charge in [0.15, 0.2) is 0 Å². The van der Waals surface area contributed by atoms with Gasteiger partial charge in [-0.1, -0.05) is 6.07 Å². The number of hydrogen-bond acceptors (Lipinski definition) is 4. The van der Waals surface area contributed by atoms with Gasteiger partial charge < -0.3 is 9.80 Å². The molecule has 0 unspecified atom stereocenters. The minimum atomic E-state index is -0.130. The molecule has 0 saturated carbocycles. The monoisotopic (exact) mass is 364 g/mol. The predicted molar refractivity (Wildman–Crippen MR) is 101 cm³/mol. The Kier molecular flexibility index (Phi) is 4.64. The maximum Gasteiger partial charge on any atom is 0.255 e. The molecule has 6 nitrogen and oxygen atoms in total. The molecule has 1 spiro atoms. The van der Waals surface area contributed by atoms with Crippen molar-refractivity contribution in [3.8, 4) is 0 Å². The zero-order valence-electron chi connectivity index (χ0n) is 15.6. The van der Waals surface area contributed by atoms with E-state index in [4.69, 9.17) is 0 Å². The molecule has 2 aromatic rings. The number of nitrogens with zero attached hydrogens (tertiary/aromatic N) is 4. The Morgan fingerprint density at radius 3 is 2.63 bits per heavy atom. The van der Waals surface area contributed by atoms with Crippen LogP contribution in [0.15, 0.2) is 42.9 Å². The molecule has 2 fully saturated rings. The Balaban J connectivity index is 1.45. The Labute approximate surface area is 159 Å². The van der Waals surface area contributed by atoms with Gasteiger partial charge in [-0.05, 0) is 49.9 Å². The van der Waals surface area contributed by atoms with Crippen LogP contribution in [0.25, 0.3) is 0 Å². The van der Waals surface area contributed by atoms with E-state index in [2.05, 4.69) is 9.97 Å². The second-order valence-electron chi connectivity index (χ2n) is 7.55. The van der Waals surface area contributed by atoms with E-state index in [1.165, 1.54) is 0 Å². The van der Waals surface area contributed by atoms with Crippen LogP contribution in [0.4, 0.5) is 0 Å². The van der Waals surface area contributed by atoms with Crippen molar-refractivity contribution in [3.05, 3.63) is 59.7 Å². The van der Waals surface area contributed by atoms with E-state index >= 15 is 0 Å². The first-order valence-electron chi connectivity index (χ1n) is 9.49. The van der Waals surface area contributed by atoms with E-state index in [0.29, 0.717) is 31.6 Å². The molecule has 2 amide bonds. The van der Waals surface area contributed by atoms with Crippen LogP contribution in [-0.2, 0) is 11.3 Å². The SMILES string of the molecule is Cc1ccc(C(=O)N2CCC3(CCC(=O)N3Cc3cccnc3)CC2)cn1. The van der Waals surface area contributed by atoms with Gasteiger partial charge in [-0.25, -0.2) is 0 Å². The van der Waals surface area contributed by atoms with Crippen molar-refractivity contribution in [1.82, 2.24) is 19.8 Å².